The topological polar surface area (TPSA) is 63.1 Å². The maximum absolute atomic E-state index is 12.5. The lowest BCUT2D eigenvalue weighted by Gasteiger charge is -2.30. The summed E-state index contributed by atoms with van der Waals surface area (Å²) in [6.07, 6.45) is 0.912. The lowest BCUT2D eigenvalue weighted by atomic mass is 10.0. The Hall–Kier alpha value is -2.73. The fourth-order valence-electron chi connectivity index (χ4n) is 3.41. The molecular weight excluding hydrogens is 338 g/mol. The molecule has 1 heterocycles. The van der Waals surface area contributed by atoms with E-state index in [4.69, 9.17) is 0 Å². The van der Waals surface area contributed by atoms with Gasteiger partial charge in [0.25, 0.3) is 0 Å². The van der Waals surface area contributed by atoms with Crippen LogP contribution in [0.4, 0.5) is 0 Å². The zero-order chi connectivity index (χ0) is 19.1. The van der Waals surface area contributed by atoms with E-state index in [0.29, 0.717) is 6.54 Å². The zero-order valence-corrected chi connectivity index (χ0v) is 16.0. The molecule has 0 bridgehead atoms. The van der Waals surface area contributed by atoms with Gasteiger partial charge in [0.15, 0.2) is 0 Å². The molecule has 6 nitrogen and oxygen atoms in total. The number of amides is 1. The fraction of sp³-hybridized carbons (Fsp3) is 0.381. The number of hydrogen-bond donors (Lipinski definition) is 1. The second-order valence-electron chi connectivity index (χ2n) is 6.60. The number of likely N-dealkylation sites (N-methyl/N-ethyl adjacent to an activating group) is 1. The predicted molar refractivity (Wildman–Crippen MR) is 107 cm³/mol. The van der Waals surface area contributed by atoms with Crippen LogP contribution in [-0.2, 0) is 17.8 Å². The summed E-state index contributed by atoms with van der Waals surface area (Å²) in [6, 6.07) is 18.4. The molecule has 142 valence electrons. The van der Waals surface area contributed by atoms with Crippen LogP contribution in [0, 0.1) is 0 Å². The smallest absolute Gasteiger partial charge is 0.241 e. The van der Waals surface area contributed by atoms with Crippen LogP contribution in [-0.4, -0.2) is 51.5 Å². The first-order chi connectivity index (χ1) is 13.2. The third-order valence-electron chi connectivity index (χ3n) is 4.89. The summed E-state index contributed by atoms with van der Waals surface area (Å²) >= 11 is 0. The molecule has 0 saturated carbocycles. The van der Waals surface area contributed by atoms with E-state index in [1.165, 1.54) is 5.56 Å². The predicted octanol–water partition coefficient (Wildman–Crippen LogP) is 2.50. The second-order valence-corrected chi connectivity index (χ2v) is 6.60. The number of aromatic nitrogens is 3. The van der Waals surface area contributed by atoms with Crippen LogP contribution in [0.15, 0.2) is 54.6 Å². The van der Waals surface area contributed by atoms with E-state index in [-0.39, 0.29) is 18.5 Å². The molecule has 27 heavy (non-hydrogen) atoms. The van der Waals surface area contributed by atoms with Gasteiger partial charge in [0, 0.05) is 12.6 Å². The number of fused-ring (bicyclic) bond motifs is 1. The lowest BCUT2D eigenvalue weighted by Crippen LogP contribution is -2.45. The zero-order valence-electron chi connectivity index (χ0n) is 16.0. The molecule has 2 aromatic carbocycles. The summed E-state index contributed by atoms with van der Waals surface area (Å²) in [7, 11) is 0. The molecule has 1 aromatic heterocycles. The van der Waals surface area contributed by atoms with Crippen LogP contribution in [0.5, 0.6) is 0 Å². The van der Waals surface area contributed by atoms with E-state index < -0.39 is 0 Å². The van der Waals surface area contributed by atoms with Crippen molar-refractivity contribution in [3.8, 4) is 0 Å². The number of para-hydroxylation sites is 1. The van der Waals surface area contributed by atoms with Gasteiger partial charge in [0.05, 0.1) is 5.52 Å². The molecule has 3 aromatic rings. The van der Waals surface area contributed by atoms with Gasteiger partial charge in [0.2, 0.25) is 5.91 Å². The molecule has 1 atom stereocenters. The molecule has 1 N–H and O–H groups in total. The second kappa shape index (κ2) is 9.28. The minimum atomic E-state index is -0.0455. The number of rotatable bonds is 9. The van der Waals surface area contributed by atoms with E-state index in [0.717, 1.165) is 30.5 Å². The van der Waals surface area contributed by atoms with Crippen LogP contribution in [0.3, 0.4) is 0 Å². The summed E-state index contributed by atoms with van der Waals surface area (Å²) in [5, 5.41) is 11.3. The minimum Gasteiger partial charge on any atom is -0.353 e. The quantitative estimate of drug-likeness (QED) is 0.633. The molecule has 0 aliphatic carbocycles. The van der Waals surface area contributed by atoms with Gasteiger partial charge in [-0.15, -0.1) is 5.10 Å². The number of carbonyl (C=O) groups excluding carboxylic acids is 1. The van der Waals surface area contributed by atoms with Crippen LogP contribution < -0.4 is 5.32 Å². The van der Waals surface area contributed by atoms with E-state index in [2.05, 4.69) is 58.6 Å². The molecule has 0 saturated heterocycles. The molecule has 0 aliphatic rings. The SMILES string of the molecule is CCN(CC)C(CNC(=O)Cn1nnc2ccccc21)Cc1ccccc1. The lowest BCUT2D eigenvalue weighted by molar-refractivity contribution is -0.122. The normalized spacial score (nSPS) is 12.4. The van der Waals surface area contributed by atoms with Crippen molar-refractivity contribution >= 4 is 16.9 Å². The highest BCUT2D eigenvalue weighted by molar-refractivity contribution is 5.79. The van der Waals surface area contributed by atoms with Crippen molar-refractivity contribution < 1.29 is 4.79 Å². The Morgan fingerprint density at radius 1 is 1.07 bits per heavy atom. The van der Waals surface area contributed by atoms with Gasteiger partial charge < -0.3 is 5.32 Å². The van der Waals surface area contributed by atoms with Gasteiger partial charge in [-0.25, -0.2) is 4.68 Å². The third-order valence-corrected chi connectivity index (χ3v) is 4.89. The Balaban J connectivity index is 1.62. The van der Waals surface area contributed by atoms with Gasteiger partial charge in [-0.05, 0) is 37.2 Å². The van der Waals surface area contributed by atoms with E-state index >= 15 is 0 Å². The van der Waals surface area contributed by atoms with E-state index in [1.807, 2.05) is 30.3 Å². The van der Waals surface area contributed by atoms with Crippen molar-refractivity contribution in [3.05, 3.63) is 60.2 Å². The average Bonchev–Trinajstić information content (AvgIpc) is 3.10. The summed E-state index contributed by atoms with van der Waals surface area (Å²) in [4.78, 5) is 14.9. The number of benzene rings is 2. The minimum absolute atomic E-state index is 0.0455. The van der Waals surface area contributed by atoms with Gasteiger partial charge in [-0.3, -0.25) is 9.69 Å². The molecular formula is C21H27N5O. The van der Waals surface area contributed by atoms with Gasteiger partial charge in [-0.2, -0.15) is 0 Å². The number of hydrogen-bond acceptors (Lipinski definition) is 4. The highest BCUT2D eigenvalue weighted by atomic mass is 16.2. The first-order valence-electron chi connectivity index (χ1n) is 9.54. The molecule has 3 rings (SSSR count). The summed E-state index contributed by atoms with van der Waals surface area (Å²) in [5.74, 6) is -0.0455. The molecule has 0 spiro atoms. The molecule has 6 heteroatoms. The van der Waals surface area contributed by atoms with E-state index in [1.54, 1.807) is 4.68 Å². The molecule has 0 aliphatic heterocycles. The Kier molecular flexibility index (Phi) is 6.54. The van der Waals surface area contributed by atoms with Gasteiger partial charge in [-0.1, -0.05) is 61.5 Å². The maximum Gasteiger partial charge on any atom is 0.241 e. The van der Waals surface area contributed by atoms with Crippen molar-refractivity contribution in [2.75, 3.05) is 19.6 Å². The van der Waals surface area contributed by atoms with Crippen LogP contribution >= 0.6 is 0 Å². The monoisotopic (exact) mass is 365 g/mol. The third kappa shape index (κ3) is 4.92. The van der Waals surface area contributed by atoms with Gasteiger partial charge >= 0.3 is 0 Å². The number of carbonyl (C=O) groups is 1. The van der Waals surface area contributed by atoms with Crippen molar-refractivity contribution in [1.29, 1.82) is 0 Å². The Labute approximate surface area is 160 Å². The maximum atomic E-state index is 12.5. The Morgan fingerprint density at radius 3 is 2.52 bits per heavy atom. The average molecular weight is 365 g/mol. The van der Waals surface area contributed by atoms with Crippen molar-refractivity contribution in [3.63, 3.8) is 0 Å². The number of nitrogens with one attached hydrogen (secondary N) is 1. The molecule has 1 unspecified atom stereocenters. The largest absolute Gasteiger partial charge is 0.353 e. The van der Waals surface area contributed by atoms with Crippen LogP contribution in [0.25, 0.3) is 11.0 Å². The number of nitrogens with zero attached hydrogens (tertiary/aromatic N) is 4. The fourth-order valence-corrected chi connectivity index (χ4v) is 3.41. The molecule has 1 amide bonds. The summed E-state index contributed by atoms with van der Waals surface area (Å²) in [6.45, 7) is 7.02. The highest BCUT2D eigenvalue weighted by Crippen LogP contribution is 2.10. The Morgan fingerprint density at radius 2 is 1.78 bits per heavy atom. The van der Waals surface area contributed by atoms with Crippen molar-refractivity contribution in [2.45, 2.75) is 32.9 Å². The van der Waals surface area contributed by atoms with Crippen molar-refractivity contribution in [2.24, 2.45) is 0 Å². The molecule has 0 fully saturated rings. The van der Waals surface area contributed by atoms with Crippen LogP contribution in [0.1, 0.15) is 19.4 Å². The highest BCUT2D eigenvalue weighted by Gasteiger charge is 2.18. The van der Waals surface area contributed by atoms with E-state index in [9.17, 15) is 4.79 Å². The van der Waals surface area contributed by atoms with Crippen molar-refractivity contribution in [1.82, 2.24) is 25.2 Å². The summed E-state index contributed by atoms with van der Waals surface area (Å²) in [5.41, 5.74) is 2.96. The summed E-state index contributed by atoms with van der Waals surface area (Å²) < 4.78 is 1.65. The first-order valence-corrected chi connectivity index (χ1v) is 9.54. The first kappa shape index (κ1) is 19.0. The van der Waals surface area contributed by atoms with Gasteiger partial charge in [0.1, 0.15) is 12.1 Å². The Bertz CT molecular complexity index is 857. The molecule has 0 radical (unpaired) electrons. The standard InChI is InChI=1S/C21H27N5O/c1-3-25(4-2)18(14-17-10-6-5-7-11-17)15-22-21(27)16-26-20-13-9-8-12-19(20)23-24-26/h5-13,18H,3-4,14-16H2,1-2H3,(H,22,27). The van der Waals surface area contributed by atoms with Crippen LogP contribution in [0.2, 0.25) is 0 Å².